The van der Waals surface area contributed by atoms with Gasteiger partial charge in [-0.2, -0.15) is 0 Å². The number of hydrogen-bond acceptors (Lipinski definition) is 4. The van der Waals surface area contributed by atoms with Gasteiger partial charge in [0.05, 0.1) is 17.8 Å². The van der Waals surface area contributed by atoms with Gasteiger partial charge >= 0.3 is 5.97 Å². The molecule has 1 saturated carbocycles. The van der Waals surface area contributed by atoms with Crippen molar-refractivity contribution in [3.05, 3.63) is 76.6 Å². The average Bonchev–Trinajstić information content (AvgIpc) is 2.94. The van der Waals surface area contributed by atoms with Gasteiger partial charge in [-0.25, -0.2) is 18.0 Å². The van der Waals surface area contributed by atoms with Crippen LogP contribution in [0.2, 0.25) is 0 Å². The Bertz CT molecular complexity index is 1090. The maximum Gasteiger partial charge on any atom is 0.338 e. The SMILES string of the molecule is CC(c1cccc(F)c1F)C(O)/C=C/[C@@H]1[C@H]2CCc3ccc(C(=O)O)c(F)c3O[C@H]2C[C@H]1O. The molecule has 2 aliphatic rings. The van der Waals surface area contributed by atoms with Crippen LogP contribution in [0, 0.1) is 29.3 Å². The monoisotopic (exact) mass is 462 g/mol. The Balaban J connectivity index is 1.52. The summed E-state index contributed by atoms with van der Waals surface area (Å²) in [7, 11) is 0. The first-order valence-corrected chi connectivity index (χ1v) is 10.9. The molecule has 0 aromatic heterocycles. The maximum absolute atomic E-state index is 14.7. The summed E-state index contributed by atoms with van der Waals surface area (Å²) >= 11 is 0. The van der Waals surface area contributed by atoms with Gasteiger partial charge in [0.2, 0.25) is 0 Å². The number of halogens is 3. The van der Waals surface area contributed by atoms with Crippen molar-refractivity contribution in [2.75, 3.05) is 0 Å². The summed E-state index contributed by atoms with van der Waals surface area (Å²) in [4.78, 5) is 11.3. The molecular formula is C25H25F3O5. The Morgan fingerprint density at radius 1 is 1.18 bits per heavy atom. The standard InChI is InChI=1S/C25H25F3O5/c1-12(14-3-2-4-18(26)22(14)27)19(29)10-9-15-16-7-5-13-6-8-17(25(31)32)23(28)24(13)33-21(16)11-20(15)30/h2-4,6,8-10,12,15-16,19-21,29-30H,5,7,11H2,1H3,(H,31,32)/b10-9+/t12?,15-,16-,19?,20-,21+/m1/s1. The van der Waals surface area contributed by atoms with Gasteiger partial charge in [0.25, 0.3) is 0 Å². The first kappa shape index (κ1) is 23.3. The van der Waals surface area contributed by atoms with E-state index in [1.165, 1.54) is 24.3 Å². The van der Waals surface area contributed by atoms with Crippen molar-refractivity contribution in [3.8, 4) is 5.75 Å². The number of carbonyl (C=O) groups is 1. The molecule has 3 N–H and O–H groups in total. The highest BCUT2D eigenvalue weighted by Crippen LogP contribution is 2.43. The first-order valence-electron chi connectivity index (χ1n) is 10.9. The second-order valence-corrected chi connectivity index (χ2v) is 8.77. The van der Waals surface area contributed by atoms with Crippen molar-refractivity contribution in [3.63, 3.8) is 0 Å². The number of rotatable bonds is 5. The Morgan fingerprint density at radius 2 is 1.94 bits per heavy atom. The van der Waals surface area contributed by atoms with Crippen LogP contribution in [0.4, 0.5) is 13.2 Å². The van der Waals surface area contributed by atoms with Gasteiger partial charge in [-0.1, -0.05) is 37.3 Å². The third-order valence-electron chi connectivity index (χ3n) is 6.83. The molecule has 6 atom stereocenters. The van der Waals surface area contributed by atoms with Crippen LogP contribution in [0.15, 0.2) is 42.5 Å². The van der Waals surface area contributed by atoms with Gasteiger partial charge < -0.3 is 20.1 Å². The minimum atomic E-state index is -1.38. The van der Waals surface area contributed by atoms with E-state index < -0.39 is 59.1 Å². The topological polar surface area (TPSA) is 87.0 Å². The molecule has 8 heteroatoms. The van der Waals surface area contributed by atoms with E-state index in [1.807, 2.05) is 0 Å². The van der Waals surface area contributed by atoms with Crippen LogP contribution in [0.3, 0.4) is 0 Å². The molecule has 33 heavy (non-hydrogen) atoms. The summed E-state index contributed by atoms with van der Waals surface area (Å²) in [6.07, 6.45) is 1.91. The summed E-state index contributed by atoms with van der Waals surface area (Å²) in [6, 6.07) is 6.56. The molecular weight excluding hydrogens is 437 g/mol. The quantitative estimate of drug-likeness (QED) is 0.580. The number of carboxylic acid groups (broad SMARTS) is 1. The number of aromatic carboxylic acids is 1. The zero-order valence-electron chi connectivity index (χ0n) is 17.9. The first-order chi connectivity index (χ1) is 15.7. The number of aliphatic hydroxyl groups excluding tert-OH is 2. The van der Waals surface area contributed by atoms with E-state index in [0.717, 1.165) is 6.07 Å². The van der Waals surface area contributed by atoms with E-state index in [-0.39, 0.29) is 23.7 Å². The Kier molecular flexibility index (Phi) is 6.50. The van der Waals surface area contributed by atoms with Gasteiger partial charge in [-0.05, 0) is 36.1 Å². The van der Waals surface area contributed by atoms with Gasteiger partial charge in [-0.15, -0.1) is 0 Å². The van der Waals surface area contributed by atoms with Crippen molar-refractivity contribution in [1.29, 1.82) is 0 Å². The molecule has 176 valence electrons. The van der Waals surface area contributed by atoms with Crippen LogP contribution in [0.1, 0.15) is 47.2 Å². The fourth-order valence-corrected chi connectivity index (χ4v) is 4.91. The zero-order valence-corrected chi connectivity index (χ0v) is 17.9. The number of hydrogen-bond donors (Lipinski definition) is 3. The number of fused-ring (bicyclic) bond motifs is 2. The molecule has 0 spiro atoms. The molecule has 0 saturated heterocycles. The highest BCUT2D eigenvalue weighted by molar-refractivity contribution is 5.88. The van der Waals surface area contributed by atoms with Gasteiger partial charge in [0.1, 0.15) is 6.10 Å². The molecule has 0 amide bonds. The van der Waals surface area contributed by atoms with Crippen LogP contribution >= 0.6 is 0 Å². The van der Waals surface area contributed by atoms with Crippen molar-refractivity contribution in [2.24, 2.45) is 11.8 Å². The van der Waals surface area contributed by atoms with Crippen molar-refractivity contribution < 1.29 is 38.0 Å². The second kappa shape index (κ2) is 9.19. The number of carboxylic acids is 1. The van der Waals surface area contributed by atoms with Gasteiger partial charge in [0, 0.05) is 24.2 Å². The zero-order chi connectivity index (χ0) is 23.9. The molecule has 0 radical (unpaired) electrons. The van der Waals surface area contributed by atoms with Crippen molar-refractivity contribution in [2.45, 2.75) is 50.4 Å². The van der Waals surface area contributed by atoms with E-state index >= 15 is 0 Å². The highest BCUT2D eigenvalue weighted by Gasteiger charge is 2.44. The summed E-state index contributed by atoms with van der Waals surface area (Å²) < 4.78 is 48.2. The molecule has 4 rings (SSSR count). The van der Waals surface area contributed by atoms with Gasteiger partial charge in [-0.3, -0.25) is 0 Å². The number of benzene rings is 2. The molecule has 0 bridgehead atoms. The summed E-state index contributed by atoms with van der Waals surface area (Å²) in [5.41, 5.74) is 0.151. The van der Waals surface area contributed by atoms with Crippen molar-refractivity contribution >= 4 is 5.97 Å². The fourth-order valence-electron chi connectivity index (χ4n) is 4.91. The summed E-state index contributed by atoms with van der Waals surface area (Å²) in [5, 5.41) is 30.3. The molecule has 1 heterocycles. The lowest BCUT2D eigenvalue weighted by molar-refractivity contribution is 0.0688. The van der Waals surface area contributed by atoms with Gasteiger partial charge in [0.15, 0.2) is 23.2 Å². The van der Waals surface area contributed by atoms with Crippen LogP contribution in [0.25, 0.3) is 0 Å². The molecule has 2 aromatic carbocycles. The third kappa shape index (κ3) is 4.37. The van der Waals surface area contributed by atoms with E-state index in [0.29, 0.717) is 18.4 Å². The summed E-state index contributed by atoms with van der Waals surface area (Å²) in [5.74, 6) is -5.69. The Labute approximate surface area is 189 Å². The fraction of sp³-hybridized carbons (Fsp3) is 0.400. The largest absolute Gasteiger partial charge is 0.487 e. The van der Waals surface area contributed by atoms with E-state index in [9.17, 15) is 33.3 Å². The molecule has 1 aliphatic carbocycles. The molecule has 1 aliphatic heterocycles. The van der Waals surface area contributed by atoms with Crippen LogP contribution in [-0.4, -0.2) is 39.6 Å². The lowest BCUT2D eigenvalue weighted by Gasteiger charge is -2.22. The third-order valence-corrected chi connectivity index (χ3v) is 6.83. The molecule has 2 unspecified atom stereocenters. The number of aryl methyl sites for hydroxylation is 1. The Hall–Kier alpha value is -2.84. The lowest BCUT2D eigenvalue weighted by atomic mass is 9.87. The van der Waals surface area contributed by atoms with E-state index in [2.05, 4.69) is 0 Å². The van der Waals surface area contributed by atoms with Crippen LogP contribution in [-0.2, 0) is 6.42 Å². The molecule has 1 fully saturated rings. The van der Waals surface area contributed by atoms with E-state index in [4.69, 9.17) is 4.74 Å². The minimum absolute atomic E-state index is 0.0509. The summed E-state index contributed by atoms with van der Waals surface area (Å²) in [6.45, 7) is 1.58. The van der Waals surface area contributed by atoms with Crippen LogP contribution < -0.4 is 4.74 Å². The normalized spacial score (nSPS) is 26.2. The average molecular weight is 462 g/mol. The predicted octanol–water partition coefficient (Wildman–Crippen LogP) is 4.21. The molecule has 5 nitrogen and oxygen atoms in total. The molecule has 2 aromatic rings. The van der Waals surface area contributed by atoms with Crippen molar-refractivity contribution in [1.82, 2.24) is 0 Å². The number of ether oxygens (including phenoxy) is 1. The second-order valence-electron chi connectivity index (χ2n) is 8.77. The maximum atomic E-state index is 14.7. The highest BCUT2D eigenvalue weighted by atomic mass is 19.2. The lowest BCUT2D eigenvalue weighted by Crippen LogP contribution is -2.24. The Morgan fingerprint density at radius 3 is 2.67 bits per heavy atom. The predicted molar refractivity (Wildman–Crippen MR) is 114 cm³/mol. The number of aliphatic hydroxyl groups is 2. The smallest absolute Gasteiger partial charge is 0.338 e. The minimum Gasteiger partial charge on any atom is -0.487 e. The van der Waals surface area contributed by atoms with E-state index in [1.54, 1.807) is 19.1 Å². The van der Waals surface area contributed by atoms with Crippen LogP contribution in [0.5, 0.6) is 5.75 Å².